The van der Waals surface area contributed by atoms with Crippen LogP contribution >= 0.6 is 12.2 Å². The molecule has 0 aromatic heterocycles. The molecular weight excluding hydrogens is 208 g/mol. The Bertz CT molecular complexity index is 296. The van der Waals surface area contributed by atoms with Crippen molar-refractivity contribution in [2.45, 2.75) is 25.8 Å². The van der Waals surface area contributed by atoms with Gasteiger partial charge in [-0.1, -0.05) is 12.2 Å². The van der Waals surface area contributed by atoms with Crippen molar-refractivity contribution in [3.8, 4) is 0 Å². The second-order valence-corrected chi connectivity index (χ2v) is 5.74. The molecule has 1 unspecified atom stereocenters. The molecule has 0 aromatic carbocycles. The smallest absolute Gasteiger partial charge is 0.212 e. The molecule has 1 aliphatic rings. The van der Waals surface area contributed by atoms with Crippen LogP contribution in [0.2, 0.25) is 0 Å². The van der Waals surface area contributed by atoms with E-state index in [1.807, 2.05) is 0 Å². The third-order valence-corrected chi connectivity index (χ3v) is 3.91. The number of hydrogen-bond donors (Lipinski definition) is 2. The third-order valence-electron chi connectivity index (χ3n) is 1.94. The molecule has 0 aromatic rings. The van der Waals surface area contributed by atoms with Crippen molar-refractivity contribution in [1.29, 1.82) is 0 Å². The molecule has 0 radical (unpaired) electrons. The molecule has 76 valence electrons. The van der Waals surface area contributed by atoms with E-state index in [0.29, 0.717) is 5.92 Å². The summed E-state index contributed by atoms with van der Waals surface area (Å²) < 4.78 is 25.2. The maximum absolute atomic E-state index is 11.4. The molecule has 1 saturated carbocycles. The first-order valence-corrected chi connectivity index (χ1v) is 6.26. The Kier molecular flexibility index (Phi) is 3.26. The maximum Gasteiger partial charge on any atom is 0.212 e. The van der Waals surface area contributed by atoms with Crippen molar-refractivity contribution < 1.29 is 8.42 Å². The minimum absolute atomic E-state index is 0.180. The first kappa shape index (κ1) is 10.9. The zero-order valence-electron chi connectivity index (χ0n) is 7.49. The molecule has 13 heavy (non-hydrogen) atoms. The first-order valence-electron chi connectivity index (χ1n) is 4.20. The van der Waals surface area contributed by atoms with Crippen LogP contribution in [0.1, 0.15) is 19.8 Å². The van der Waals surface area contributed by atoms with Gasteiger partial charge in [-0.25, -0.2) is 13.1 Å². The third kappa shape index (κ3) is 4.02. The lowest BCUT2D eigenvalue weighted by atomic mass is 10.4. The Labute approximate surface area is 83.9 Å². The van der Waals surface area contributed by atoms with E-state index in [2.05, 4.69) is 16.9 Å². The van der Waals surface area contributed by atoms with Crippen molar-refractivity contribution in [1.82, 2.24) is 4.72 Å². The van der Waals surface area contributed by atoms with E-state index in [9.17, 15) is 8.42 Å². The largest absolute Gasteiger partial charge is 0.392 e. The number of rotatable bonds is 5. The Morgan fingerprint density at radius 2 is 2.23 bits per heavy atom. The molecule has 6 heteroatoms. The highest BCUT2D eigenvalue weighted by atomic mass is 32.2. The predicted molar refractivity (Wildman–Crippen MR) is 55.9 cm³/mol. The van der Waals surface area contributed by atoms with Gasteiger partial charge >= 0.3 is 0 Å². The summed E-state index contributed by atoms with van der Waals surface area (Å²) in [5.74, 6) is 0.552. The van der Waals surface area contributed by atoms with Crippen LogP contribution in [-0.4, -0.2) is 25.2 Å². The normalized spacial score (nSPS) is 19.8. The van der Waals surface area contributed by atoms with Gasteiger partial charge in [-0.2, -0.15) is 0 Å². The summed E-state index contributed by atoms with van der Waals surface area (Å²) in [6.45, 7) is 1.65. The van der Waals surface area contributed by atoms with Gasteiger partial charge in [0.25, 0.3) is 0 Å². The van der Waals surface area contributed by atoms with E-state index in [-0.39, 0.29) is 10.7 Å². The molecule has 4 nitrogen and oxygen atoms in total. The number of sulfonamides is 1. The average molecular weight is 222 g/mol. The van der Waals surface area contributed by atoms with Gasteiger partial charge in [-0.3, -0.25) is 0 Å². The van der Waals surface area contributed by atoms with Crippen molar-refractivity contribution in [3.63, 3.8) is 0 Å². The van der Waals surface area contributed by atoms with E-state index >= 15 is 0 Å². The summed E-state index contributed by atoms with van der Waals surface area (Å²) in [6.07, 6.45) is 2.03. The molecule has 1 aliphatic carbocycles. The van der Waals surface area contributed by atoms with Crippen molar-refractivity contribution in [2.24, 2.45) is 11.7 Å². The van der Waals surface area contributed by atoms with Crippen molar-refractivity contribution >= 4 is 27.2 Å². The highest BCUT2D eigenvalue weighted by Gasteiger charge is 2.28. The minimum Gasteiger partial charge on any atom is -0.392 e. The van der Waals surface area contributed by atoms with Crippen LogP contribution in [0.4, 0.5) is 0 Å². The van der Waals surface area contributed by atoms with Crippen LogP contribution in [0, 0.1) is 5.92 Å². The molecule has 3 N–H and O–H groups in total. The lowest BCUT2D eigenvalue weighted by molar-refractivity contribution is 0.575. The highest BCUT2D eigenvalue weighted by molar-refractivity contribution is 7.89. The van der Waals surface area contributed by atoms with Gasteiger partial charge in [0.05, 0.1) is 16.8 Å². The first-order chi connectivity index (χ1) is 5.91. The fourth-order valence-electron chi connectivity index (χ4n) is 0.970. The molecule has 0 saturated heterocycles. The average Bonchev–Trinajstić information content (AvgIpc) is 2.69. The molecule has 1 atom stereocenters. The maximum atomic E-state index is 11.4. The number of nitrogens with two attached hydrogens (primary N) is 1. The zero-order valence-corrected chi connectivity index (χ0v) is 9.12. The van der Waals surface area contributed by atoms with Gasteiger partial charge in [0.1, 0.15) is 0 Å². The van der Waals surface area contributed by atoms with E-state index in [0.717, 1.165) is 12.8 Å². The van der Waals surface area contributed by atoms with Gasteiger partial charge < -0.3 is 5.73 Å². The van der Waals surface area contributed by atoms with Gasteiger partial charge in [0.2, 0.25) is 10.0 Å². The molecule has 0 heterocycles. The molecule has 0 spiro atoms. The van der Waals surface area contributed by atoms with Crippen molar-refractivity contribution in [2.75, 3.05) is 5.75 Å². The SMILES string of the molecule is CC(NS(=O)(=O)CC1CC1)C(N)=S. The summed E-state index contributed by atoms with van der Waals surface area (Å²) >= 11 is 4.67. The number of hydrogen-bond acceptors (Lipinski definition) is 3. The highest BCUT2D eigenvalue weighted by Crippen LogP contribution is 2.29. The standard InChI is InChI=1S/C7H14N2O2S2/c1-5(7(8)12)9-13(10,11)4-6-2-3-6/h5-6,9H,2-4H2,1H3,(H2,8,12). The van der Waals surface area contributed by atoms with Crippen LogP contribution in [-0.2, 0) is 10.0 Å². The fourth-order valence-corrected chi connectivity index (χ4v) is 2.82. The molecule has 0 bridgehead atoms. The van der Waals surface area contributed by atoms with Gasteiger partial charge in [0.15, 0.2) is 0 Å². The van der Waals surface area contributed by atoms with E-state index in [1.165, 1.54) is 0 Å². The fraction of sp³-hybridized carbons (Fsp3) is 0.857. The summed E-state index contributed by atoms with van der Waals surface area (Å²) in [7, 11) is -3.18. The van der Waals surface area contributed by atoms with Gasteiger partial charge in [-0.15, -0.1) is 0 Å². The number of nitrogens with one attached hydrogen (secondary N) is 1. The predicted octanol–water partition coefficient (Wildman–Crippen LogP) is -0.00960. The molecule has 0 amide bonds. The minimum atomic E-state index is -3.18. The summed E-state index contributed by atoms with van der Waals surface area (Å²) in [5.41, 5.74) is 5.29. The summed E-state index contributed by atoms with van der Waals surface area (Å²) in [5, 5.41) is 0. The van der Waals surface area contributed by atoms with Crippen LogP contribution in [0.5, 0.6) is 0 Å². The van der Waals surface area contributed by atoms with Crippen LogP contribution in [0.3, 0.4) is 0 Å². The lowest BCUT2D eigenvalue weighted by Crippen LogP contribution is -2.42. The van der Waals surface area contributed by atoms with Crippen molar-refractivity contribution in [3.05, 3.63) is 0 Å². The lowest BCUT2D eigenvalue weighted by Gasteiger charge is -2.11. The molecular formula is C7H14N2O2S2. The Morgan fingerprint density at radius 1 is 1.69 bits per heavy atom. The summed E-state index contributed by atoms with van der Waals surface area (Å²) in [6, 6.07) is -0.446. The molecule has 1 fully saturated rings. The second-order valence-electron chi connectivity index (χ2n) is 3.47. The van der Waals surface area contributed by atoms with E-state index in [4.69, 9.17) is 5.73 Å². The van der Waals surface area contributed by atoms with Crippen LogP contribution < -0.4 is 10.5 Å². The Morgan fingerprint density at radius 3 is 2.62 bits per heavy atom. The quantitative estimate of drug-likeness (QED) is 0.642. The van der Waals surface area contributed by atoms with E-state index < -0.39 is 16.1 Å². The Balaban J connectivity index is 2.45. The summed E-state index contributed by atoms with van der Waals surface area (Å²) in [4.78, 5) is 0.180. The topological polar surface area (TPSA) is 72.2 Å². The van der Waals surface area contributed by atoms with Crippen LogP contribution in [0.25, 0.3) is 0 Å². The monoisotopic (exact) mass is 222 g/mol. The zero-order chi connectivity index (χ0) is 10.1. The molecule has 0 aliphatic heterocycles. The van der Waals surface area contributed by atoms with Gasteiger partial charge in [-0.05, 0) is 25.7 Å². The second kappa shape index (κ2) is 3.89. The Hall–Kier alpha value is -0.200. The van der Waals surface area contributed by atoms with E-state index in [1.54, 1.807) is 6.92 Å². The van der Waals surface area contributed by atoms with Gasteiger partial charge in [0, 0.05) is 0 Å². The molecule has 1 rings (SSSR count). The van der Waals surface area contributed by atoms with Crippen LogP contribution in [0.15, 0.2) is 0 Å². The number of thiocarbonyl (C=S) groups is 1.